The van der Waals surface area contributed by atoms with E-state index in [0.29, 0.717) is 12.0 Å². The normalized spacial score (nSPS) is 17.4. The highest BCUT2D eigenvalue weighted by Gasteiger charge is 2.85. The SMILES string of the molecule is CCC(C)(C)c1ccc(C(=O)OCC(F)(OC(F)(F)C(F)(OC(F)(F)C(F)(F)C(F)(F)F)C(F)(F)F)C(F)(F)F)cc1. The van der Waals surface area contributed by atoms with E-state index in [1.807, 2.05) is 0 Å². The molecular weight excluding hydrogens is 639 g/mol. The van der Waals surface area contributed by atoms with Gasteiger partial charge in [-0.1, -0.05) is 32.9 Å². The van der Waals surface area contributed by atoms with Gasteiger partial charge in [0.2, 0.25) is 0 Å². The number of hydrogen-bond donors (Lipinski definition) is 0. The molecule has 0 aliphatic carbocycles. The smallest absolute Gasteiger partial charge is 0.456 e. The average Bonchev–Trinajstić information content (AvgIpc) is 2.79. The number of rotatable bonds is 11. The Labute approximate surface area is 223 Å². The molecule has 0 fully saturated rings. The van der Waals surface area contributed by atoms with Crippen LogP contribution in [0.15, 0.2) is 24.3 Å². The van der Waals surface area contributed by atoms with E-state index in [9.17, 15) is 79.4 Å². The molecule has 0 heterocycles. The van der Waals surface area contributed by atoms with Gasteiger partial charge in [-0.3, -0.25) is 9.47 Å². The van der Waals surface area contributed by atoms with Gasteiger partial charge in [-0.15, -0.1) is 0 Å². The minimum atomic E-state index is -8.01. The van der Waals surface area contributed by atoms with Crippen molar-refractivity contribution in [2.24, 2.45) is 0 Å². The Morgan fingerprint density at radius 2 is 1.10 bits per heavy atom. The average molecular weight is 656 g/mol. The van der Waals surface area contributed by atoms with Crippen molar-refractivity contribution in [3.8, 4) is 0 Å². The van der Waals surface area contributed by atoms with E-state index in [4.69, 9.17) is 0 Å². The summed E-state index contributed by atoms with van der Waals surface area (Å²) in [5, 5.41) is 0. The van der Waals surface area contributed by atoms with Crippen LogP contribution in [0.2, 0.25) is 0 Å². The van der Waals surface area contributed by atoms with Crippen molar-refractivity contribution < 1.29 is 93.6 Å². The first-order chi connectivity index (χ1) is 18.3. The molecule has 21 heteroatoms. The van der Waals surface area contributed by atoms with Gasteiger partial charge in [0.15, 0.2) is 6.61 Å². The minimum Gasteiger partial charge on any atom is -0.456 e. The van der Waals surface area contributed by atoms with Crippen LogP contribution in [0, 0.1) is 0 Å². The highest BCUT2D eigenvalue weighted by molar-refractivity contribution is 5.89. The monoisotopic (exact) mass is 656 g/mol. The number of carbonyl (C=O) groups excluding carboxylic acids is 1. The zero-order chi connectivity index (χ0) is 33.6. The van der Waals surface area contributed by atoms with Crippen LogP contribution >= 0.6 is 0 Å². The maximum Gasteiger partial charge on any atom is 0.462 e. The van der Waals surface area contributed by atoms with E-state index in [2.05, 4.69) is 9.47 Å². The van der Waals surface area contributed by atoms with Crippen LogP contribution in [0.25, 0.3) is 0 Å². The highest BCUT2D eigenvalue weighted by Crippen LogP contribution is 2.56. The van der Waals surface area contributed by atoms with E-state index in [1.165, 1.54) is 16.9 Å². The molecule has 0 amide bonds. The summed E-state index contributed by atoms with van der Waals surface area (Å²) in [6.07, 6.45) is -37.7. The molecule has 0 aliphatic heterocycles. The lowest BCUT2D eigenvalue weighted by molar-refractivity contribution is -0.552. The fourth-order valence-electron chi connectivity index (χ4n) is 2.63. The molecule has 1 aromatic rings. The lowest BCUT2D eigenvalue weighted by atomic mass is 9.82. The molecule has 1 aromatic carbocycles. The van der Waals surface area contributed by atoms with Crippen molar-refractivity contribution in [2.45, 2.75) is 81.0 Å². The van der Waals surface area contributed by atoms with Crippen molar-refractivity contribution in [2.75, 3.05) is 6.61 Å². The predicted octanol–water partition coefficient (Wildman–Crippen LogP) is 8.40. The Balaban J connectivity index is 3.44. The molecule has 0 saturated heterocycles. The predicted molar refractivity (Wildman–Crippen MR) is 103 cm³/mol. The van der Waals surface area contributed by atoms with Gasteiger partial charge in [0.1, 0.15) is 0 Å². The van der Waals surface area contributed by atoms with Crippen molar-refractivity contribution in [3.05, 3.63) is 35.4 Å². The maximum absolute atomic E-state index is 14.5. The molecule has 2 atom stereocenters. The first-order valence-corrected chi connectivity index (χ1v) is 10.7. The van der Waals surface area contributed by atoms with Gasteiger partial charge in [-0.25, -0.2) is 4.79 Å². The van der Waals surface area contributed by atoms with Gasteiger partial charge in [0, 0.05) is 0 Å². The molecule has 42 heavy (non-hydrogen) atoms. The van der Waals surface area contributed by atoms with Gasteiger partial charge in [-0.05, 0) is 29.5 Å². The Morgan fingerprint density at radius 3 is 1.45 bits per heavy atom. The summed E-state index contributed by atoms with van der Waals surface area (Å²) in [5.74, 6) is -24.3. The standard InChI is InChI=1S/C21H17F17O4/c1-4-13(2,3)11-7-5-10(6-8-11)12(39)40-9-14(22,17(26,27)28)41-21(37,38)16(25,19(32,33)34)42-20(35,36)15(23,24)18(29,30)31/h5-8H,4,9H2,1-3H3. The third kappa shape index (κ3) is 7.13. The second kappa shape index (κ2) is 11.2. The number of ether oxygens (including phenoxy) is 3. The van der Waals surface area contributed by atoms with Gasteiger partial charge in [0.05, 0.1) is 5.56 Å². The van der Waals surface area contributed by atoms with Crippen molar-refractivity contribution in [1.29, 1.82) is 0 Å². The second-order valence-electron chi connectivity index (χ2n) is 9.02. The van der Waals surface area contributed by atoms with Crippen molar-refractivity contribution >= 4 is 5.97 Å². The molecule has 0 radical (unpaired) electrons. The summed E-state index contributed by atoms with van der Waals surface area (Å²) in [7, 11) is 0. The van der Waals surface area contributed by atoms with Crippen molar-refractivity contribution in [3.63, 3.8) is 0 Å². The molecule has 4 nitrogen and oxygen atoms in total. The molecule has 0 saturated carbocycles. The topological polar surface area (TPSA) is 44.8 Å². The van der Waals surface area contributed by atoms with E-state index < -0.39 is 71.9 Å². The van der Waals surface area contributed by atoms with Gasteiger partial charge in [-0.2, -0.15) is 74.6 Å². The van der Waals surface area contributed by atoms with Crippen molar-refractivity contribution in [1.82, 2.24) is 0 Å². The van der Waals surface area contributed by atoms with E-state index in [0.717, 1.165) is 12.1 Å². The molecule has 0 aromatic heterocycles. The number of benzene rings is 1. The van der Waals surface area contributed by atoms with Gasteiger partial charge >= 0.3 is 54.3 Å². The van der Waals surface area contributed by atoms with Crippen LogP contribution < -0.4 is 0 Å². The third-order valence-corrected chi connectivity index (χ3v) is 5.62. The number of esters is 1. The summed E-state index contributed by atoms with van der Waals surface area (Å²) in [6, 6.07) is 4.16. The minimum absolute atomic E-state index is 0.521. The number of alkyl halides is 17. The van der Waals surface area contributed by atoms with Gasteiger partial charge < -0.3 is 4.74 Å². The van der Waals surface area contributed by atoms with Crippen LogP contribution in [0.5, 0.6) is 0 Å². The zero-order valence-corrected chi connectivity index (χ0v) is 20.8. The Kier molecular flexibility index (Phi) is 9.95. The Bertz CT molecular complexity index is 1090. The summed E-state index contributed by atoms with van der Waals surface area (Å²) >= 11 is 0. The summed E-state index contributed by atoms with van der Waals surface area (Å²) < 4.78 is 231. The van der Waals surface area contributed by atoms with Crippen LogP contribution in [0.1, 0.15) is 43.1 Å². The molecule has 0 spiro atoms. The summed E-state index contributed by atoms with van der Waals surface area (Å²) in [4.78, 5) is 12.0. The summed E-state index contributed by atoms with van der Waals surface area (Å²) in [6.45, 7) is 1.98. The third-order valence-electron chi connectivity index (χ3n) is 5.62. The fourth-order valence-corrected chi connectivity index (χ4v) is 2.63. The quantitative estimate of drug-likeness (QED) is 0.177. The molecule has 0 aliphatic rings. The van der Waals surface area contributed by atoms with Crippen LogP contribution in [0.4, 0.5) is 74.6 Å². The zero-order valence-electron chi connectivity index (χ0n) is 20.8. The van der Waals surface area contributed by atoms with E-state index >= 15 is 0 Å². The van der Waals surface area contributed by atoms with Gasteiger partial charge in [0.25, 0.3) is 0 Å². The Morgan fingerprint density at radius 1 is 0.643 bits per heavy atom. The first kappa shape index (κ1) is 37.4. The maximum atomic E-state index is 14.5. The second-order valence-corrected chi connectivity index (χ2v) is 9.02. The lowest BCUT2D eigenvalue weighted by Crippen LogP contribution is -2.67. The largest absolute Gasteiger partial charge is 0.462 e. The van der Waals surface area contributed by atoms with Crippen LogP contribution in [-0.2, 0) is 19.6 Å². The van der Waals surface area contributed by atoms with Crippen LogP contribution in [-0.4, -0.2) is 61.0 Å². The number of hydrogen-bond acceptors (Lipinski definition) is 4. The van der Waals surface area contributed by atoms with E-state index in [1.54, 1.807) is 20.8 Å². The fraction of sp³-hybridized carbons (Fsp3) is 0.667. The summed E-state index contributed by atoms with van der Waals surface area (Å²) in [5.41, 5.74) is -0.708. The van der Waals surface area contributed by atoms with Crippen LogP contribution in [0.3, 0.4) is 0 Å². The number of carbonyl (C=O) groups is 1. The molecule has 1 rings (SSSR count). The molecule has 0 bridgehead atoms. The number of halogens is 17. The molecule has 2 unspecified atom stereocenters. The molecule has 244 valence electrons. The Hall–Kier alpha value is -2.58. The lowest BCUT2D eigenvalue weighted by Gasteiger charge is -2.40. The molecular formula is C21H17F17O4. The van der Waals surface area contributed by atoms with E-state index in [-0.39, 0.29) is 0 Å². The molecule has 0 N–H and O–H groups in total. The first-order valence-electron chi connectivity index (χ1n) is 10.7. The highest BCUT2D eigenvalue weighted by atomic mass is 19.4.